The molecule has 20 heavy (non-hydrogen) atoms. The van der Waals surface area contributed by atoms with Crippen LogP contribution in [0.3, 0.4) is 0 Å². The van der Waals surface area contributed by atoms with Gasteiger partial charge in [0.1, 0.15) is 17.2 Å². The van der Waals surface area contributed by atoms with Crippen LogP contribution in [0.25, 0.3) is 0 Å². The lowest BCUT2D eigenvalue weighted by atomic mass is 9.96. The number of rotatable bonds is 1. The van der Waals surface area contributed by atoms with Crippen molar-refractivity contribution in [2.75, 3.05) is 18.8 Å². The molecule has 2 heterocycles. The second kappa shape index (κ2) is 5.64. The summed E-state index contributed by atoms with van der Waals surface area (Å²) in [5, 5.41) is 0. The van der Waals surface area contributed by atoms with Crippen LogP contribution in [0.4, 0.5) is 10.6 Å². The number of nitrogens with zero attached hydrogens (tertiary/aromatic N) is 3. The molecule has 0 bridgehead atoms. The first-order chi connectivity index (χ1) is 9.35. The number of nitrogen functional groups attached to an aromatic ring is 1. The van der Waals surface area contributed by atoms with Gasteiger partial charge in [-0.1, -0.05) is 0 Å². The van der Waals surface area contributed by atoms with Gasteiger partial charge in [-0.3, -0.25) is 0 Å². The highest BCUT2D eigenvalue weighted by Gasteiger charge is 2.28. The average Bonchev–Trinajstić information content (AvgIpc) is 2.37. The molecular formula is C14H22N4O2. The number of hydrogen-bond acceptors (Lipinski definition) is 5. The van der Waals surface area contributed by atoms with Gasteiger partial charge in [-0.2, -0.15) is 0 Å². The second-order valence-corrected chi connectivity index (χ2v) is 6.08. The number of carbonyl (C=O) groups is 1. The molecule has 1 aromatic heterocycles. The molecule has 2 rings (SSSR count). The predicted molar refractivity (Wildman–Crippen MR) is 76.2 cm³/mol. The predicted octanol–water partition coefficient (Wildman–Crippen LogP) is 2.17. The number of aromatic nitrogens is 2. The van der Waals surface area contributed by atoms with Crippen LogP contribution in [-0.4, -0.2) is 39.7 Å². The van der Waals surface area contributed by atoms with Crippen LogP contribution in [0.2, 0.25) is 0 Å². The van der Waals surface area contributed by atoms with Crippen molar-refractivity contribution in [1.82, 2.24) is 14.9 Å². The van der Waals surface area contributed by atoms with Crippen molar-refractivity contribution in [3.05, 3.63) is 18.1 Å². The van der Waals surface area contributed by atoms with E-state index < -0.39 is 5.60 Å². The molecule has 6 nitrogen and oxygen atoms in total. The van der Waals surface area contributed by atoms with Gasteiger partial charge in [-0.05, 0) is 39.7 Å². The summed E-state index contributed by atoms with van der Waals surface area (Å²) in [5.74, 6) is 1.52. The van der Waals surface area contributed by atoms with E-state index in [9.17, 15) is 4.79 Å². The van der Waals surface area contributed by atoms with Gasteiger partial charge in [0.2, 0.25) is 0 Å². The van der Waals surface area contributed by atoms with Gasteiger partial charge in [0.25, 0.3) is 0 Å². The van der Waals surface area contributed by atoms with E-state index in [1.54, 1.807) is 17.2 Å². The van der Waals surface area contributed by atoms with Gasteiger partial charge in [0.05, 0.1) is 0 Å². The number of piperidine rings is 1. The van der Waals surface area contributed by atoms with E-state index in [1.807, 2.05) is 20.8 Å². The SMILES string of the molecule is CC(C)(C)OC(=O)N1CCC(c2nccc(N)n2)CC1. The Bertz CT molecular complexity index is 476. The summed E-state index contributed by atoms with van der Waals surface area (Å²) in [7, 11) is 0. The van der Waals surface area contributed by atoms with Crippen molar-refractivity contribution in [3.8, 4) is 0 Å². The van der Waals surface area contributed by atoms with Gasteiger partial charge in [-0.15, -0.1) is 0 Å². The largest absolute Gasteiger partial charge is 0.444 e. The van der Waals surface area contributed by atoms with Gasteiger partial charge in [0.15, 0.2) is 0 Å². The minimum atomic E-state index is -0.453. The molecule has 1 saturated heterocycles. The Morgan fingerprint density at radius 1 is 1.40 bits per heavy atom. The number of anilines is 1. The monoisotopic (exact) mass is 278 g/mol. The second-order valence-electron chi connectivity index (χ2n) is 6.08. The molecular weight excluding hydrogens is 256 g/mol. The van der Waals surface area contributed by atoms with E-state index in [4.69, 9.17) is 10.5 Å². The molecule has 0 aromatic carbocycles. The van der Waals surface area contributed by atoms with Crippen LogP contribution in [0.1, 0.15) is 45.4 Å². The lowest BCUT2D eigenvalue weighted by molar-refractivity contribution is 0.0203. The number of nitrogens with two attached hydrogens (primary N) is 1. The summed E-state index contributed by atoms with van der Waals surface area (Å²) in [4.78, 5) is 22.2. The Morgan fingerprint density at radius 3 is 2.60 bits per heavy atom. The summed E-state index contributed by atoms with van der Waals surface area (Å²) in [6.45, 7) is 6.95. The van der Waals surface area contributed by atoms with E-state index in [2.05, 4.69) is 9.97 Å². The smallest absolute Gasteiger partial charge is 0.410 e. The number of carbonyl (C=O) groups excluding carboxylic acids is 1. The third-order valence-corrected chi connectivity index (χ3v) is 3.21. The zero-order chi connectivity index (χ0) is 14.8. The maximum absolute atomic E-state index is 12.0. The minimum Gasteiger partial charge on any atom is -0.444 e. The highest BCUT2D eigenvalue weighted by atomic mass is 16.6. The first-order valence-electron chi connectivity index (χ1n) is 6.91. The topological polar surface area (TPSA) is 81.3 Å². The molecule has 0 radical (unpaired) electrons. The van der Waals surface area contributed by atoms with E-state index in [0.29, 0.717) is 18.9 Å². The zero-order valence-corrected chi connectivity index (χ0v) is 12.3. The van der Waals surface area contributed by atoms with Gasteiger partial charge in [-0.25, -0.2) is 14.8 Å². The maximum atomic E-state index is 12.0. The van der Waals surface area contributed by atoms with Crippen LogP contribution in [0.5, 0.6) is 0 Å². The van der Waals surface area contributed by atoms with Crippen LogP contribution in [0, 0.1) is 0 Å². The Labute approximate surface area is 119 Å². The lowest BCUT2D eigenvalue weighted by Crippen LogP contribution is -2.41. The Balaban J connectivity index is 1.91. The number of hydrogen-bond donors (Lipinski definition) is 1. The maximum Gasteiger partial charge on any atom is 0.410 e. The zero-order valence-electron chi connectivity index (χ0n) is 12.3. The van der Waals surface area contributed by atoms with Crippen LogP contribution >= 0.6 is 0 Å². The van der Waals surface area contributed by atoms with Gasteiger partial charge >= 0.3 is 6.09 Å². The van der Waals surface area contributed by atoms with Crippen LogP contribution in [0.15, 0.2) is 12.3 Å². The first-order valence-corrected chi connectivity index (χ1v) is 6.91. The average molecular weight is 278 g/mol. The summed E-state index contributed by atoms with van der Waals surface area (Å²) in [6.07, 6.45) is 3.10. The van der Waals surface area contributed by atoms with E-state index >= 15 is 0 Å². The molecule has 1 amide bonds. The van der Waals surface area contributed by atoms with Crippen molar-refractivity contribution in [1.29, 1.82) is 0 Å². The van der Waals surface area contributed by atoms with Crippen LogP contribution < -0.4 is 5.73 Å². The number of amides is 1. The fourth-order valence-electron chi connectivity index (χ4n) is 2.23. The van der Waals surface area contributed by atoms with Crippen molar-refractivity contribution in [2.45, 2.75) is 45.1 Å². The molecule has 1 aromatic rings. The Kier molecular flexibility index (Phi) is 4.11. The van der Waals surface area contributed by atoms with Crippen molar-refractivity contribution in [2.24, 2.45) is 0 Å². The van der Waals surface area contributed by atoms with E-state index in [-0.39, 0.29) is 12.0 Å². The number of likely N-dealkylation sites (tertiary alicyclic amines) is 1. The van der Waals surface area contributed by atoms with Crippen molar-refractivity contribution < 1.29 is 9.53 Å². The minimum absolute atomic E-state index is 0.246. The Morgan fingerprint density at radius 2 is 2.05 bits per heavy atom. The molecule has 2 N–H and O–H groups in total. The molecule has 0 saturated carbocycles. The summed E-state index contributed by atoms with van der Waals surface area (Å²) >= 11 is 0. The molecule has 110 valence electrons. The van der Waals surface area contributed by atoms with Crippen molar-refractivity contribution >= 4 is 11.9 Å². The highest BCUT2D eigenvalue weighted by molar-refractivity contribution is 5.68. The van der Waals surface area contributed by atoms with Crippen molar-refractivity contribution in [3.63, 3.8) is 0 Å². The number of ether oxygens (including phenoxy) is 1. The first kappa shape index (κ1) is 14.6. The molecule has 1 aliphatic heterocycles. The van der Waals surface area contributed by atoms with Gasteiger partial charge < -0.3 is 15.4 Å². The molecule has 0 unspecified atom stereocenters. The molecule has 1 fully saturated rings. The molecule has 6 heteroatoms. The third kappa shape index (κ3) is 3.82. The summed E-state index contributed by atoms with van der Waals surface area (Å²) < 4.78 is 5.37. The highest BCUT2D eigenvalue weighted by Crippen LogP contribution is 2.26. The van der Waals surface area contributed by atoms with E-state index in [1.165, 1.54) is 0 Å². The third-order valence-electron chi connectivity index (χ3n) is 3.21. The molecule has 0 atom stereocenters. The van der Waals surface area contributed by atoms with Crippen LogP contribution in [-0.2, 0) is 4.74 Å². The standard InChI is InChI=1S/C14H22N4O2/c1-14(2,3)20-13(19)18-8-5-10(6-9-18)12-16-7-4-11(15)17-12/h4,7,10H,5-6,8-9H2,1-3H3,(H2,15,16,17). The quantitative estimate of drug-likeness (QED) is 0.851. The van der Waals surface area contributed by atoms with Gasteiger partial charge in [0, 0.05) is 25.2 Å². The lowest BCUT2D eigenvalue weighted by Gasteiger charge is -2.32. The molecule has 1 aliphatic rings. The summed E-state index contributed by atoms with van der Waals surface area (Å²) in [5.41, 5.74) is 5.22. The van der Waals surface area contributed by atoms with E-state index in [0.717, 1.165) is 18.7 Å². The summed E-state index contributed by atoms with van der Waals surface area (Å²) in [6, 6.07) is 1.68. The fraction of sp³-hybridized carbons (Fsp3) is 0.643. The molecule has 0 spiro atoms. The normalized spacial score (nSPS) is 17.1. The Hall–Kier alpha value is -1.85. The molecule has 0 aliphatic carbocycles. The fourth-order valence-corrected chi connectivity index (χ4v) is 2.23.